The zero-order valence-electron chi connectivity index (χ0n) is 24.6. The van der Waals surface area contributed by atoms with Crippen molar-refractivity contribution in [3.8, 4) is 17.4 Å². The Labute approximate surface area is 259 Å². The second-order valence-electron chi connectivity index (χ2n) is 10.5. The molecular formula is C31H29F6N5O4. The number of amides is 2. The predicted molar refractivity (Wildman–Crippen MR) is 157 cm³/mol. The molecule has 1 fully saturated rings. The summed E-state index contributed by atoms with van der Waals surface area (Å²) in [6, 6.07) is 13.1. The lowest BCUT2D eigenvalue weighted by atomic mass is 9.97. The van der Waals surface area contributed by atoms with E-state index >= 15 is 0 Å². The summed E-state index contributed by atoms with van der Waals surface area (Å²) in [7, 11) is 1.17. The second-order valence-corrected chi connectivity index (χ2v) is 10.5. The Hall–Kier alpha value is -4.63. The van der Waals surface area contributed by atoms with Crippen molar-refractivity contribution >= 4 is 28.2 Å². The third-order valence-corrected chi connectivity index (χ3v) is 7.15. The minimum Gasteiger partial charge on any atom is -0.495 e. The fourth-order valence-corrected chi connectivity index (χ4v) is 5.11. The summed E-state index contributed by atoms with van der Waals surface area (Å²) in [6.07, 6.45) is -11.2. The van der Waals surface area contributed by atoms with Gasteiger partial charge in [-0.25, -0.2) is 9.78 Å². The molecule has 15 heteroatoms. The van der Waals surface area contributed by atoms with Gasteiger partial charge in [0, 0.05) is 35.6 Å². The number of ether oxygens (including phenoxy) is 3. The number of alkyl halides is 6. The summed E-state index contributed by atoms with van der Waals surface area (Å²) in [6.45, 7) is 5.16. The van der Waals surface area contributed by atoms with Crippen molar-refractivity contribution in [1.29, 1.82) is 0 Å². The van der Waals surface area contributed by atoms with E-state index in [1.807, 2.05) is 6.92 Å². The van der Waals surface area contributed by atoms with Gasteiger partial charge in [-0.05, 0) is 36.8 Å². The van der Waals surface area contributed by atoms with Gasteiger partial charge >= 0.3 is 18.4 Å². The molecule has 2 N–H and O–H groups in total. The fourth-order valence-electron chi connectivity index (χ4n) is 5.11. The van der Waals surface area contributed by atoms with E-state index in [4.69, 9.17) is 14.2 Å². The SMILES string of the molecule is COc1ccc(C(C(F)(F)F)C(F)(F)F)cc1NC(=O)Nc1ccc(Oc2cc(C)nc(CN3CCOCC3)n2)c2ccccc12. The van der Waals surface area contributed by atoms with E-state index in [-0.39, 0.29) is 11.4 Å². The fraction of sp³-hybridized carbons (Fsp3) is 0.323. The Morgan fingerprint density at radius 2 is 1.54 bits per heavy atom. The van der Waals surface area contributed by atoms with Crippen LogP contribution >= 0.6 is 0 Å². The first-order valence-electron chi connectivity index (χ1n) is 14.1. The van der Waals surface area contributed by atoms with Crippen LogP contribution in [-0.2, 0) is 11.3 Å². The molecule has 46 heavy (non-hydrogen) atoms. The second kappa shape index (κ2) is 13.4. The molecule has 5 rings (SSSR count). The number of aryl methyl sites for hydroxylation is 1. The molecule has 1 aromatic heterocycles. The molecule has 0 spiro atoms. The summed E-state index contributed by atoms with van der Waals surface area (Å²) in [4.78, 5) is 24.3. The van der Waals surface area contributed by atoms with Gasteiger partial charge in [-0.15, -0.1) is 0 Å². The van der Waals surface area contributed by atoms with E-state index in [2.05, 4.69) is 25.5 Å². The molecule has 2 amide bonds. The standard InChI is InChI=1S/C31H29F6N5O4/c1-18-15-27(41-26(38-18)17-42-11-13-45-14-12-42)46-24-10-8-22(20-5-3-4-6-21(20)24)39-29(43)40-23-16-19(7-9-25(23)44-2)28(30(32,33)34)31(35,36)37/h3-10,15-16,28H,11-14,17H2,1-2H3,(H2,39,40,43). The third kappa shape index (κ3) is 7.77. The van der Waals surface area contributed by atoms with Crippen molar-refractivity contribution in [2.24, 2.45) is 0 Å². The number of hydrogen-bond acceptors (Lipinski definition) is 7. The maximum absolute atomic E-state index is 13.3. The van der Waals surface area contributed by atoms with Crippen LogP contribution in [0.4, 0.5) is 42.5 Å². The average molecular weight is 650 g/mol. The summed E-state index contributed by atoms with van der Waals surface area (Å²) >= 11 is 0. The maximum atomic E-state index is 13.3. The number of benzene rings is 3. The minimum absolute atomic E-state index is 0.135. The van der Waals surface area contributed by atoms with Gasteiger partial charge in [0.1, 0.15) is 17.3 Å². The van der Waals surface area contributed by atoms with E-state index in [9.17, 15) is 31.1 Å². The summed E-state index contributed by atoms with van der Waals surface area (Å²) in [5, 5.41) is 6.05. The van der Waals surface area contributed by atoms with Crippen LogP contribution in [-0.4, -0.2) is 66.7 Å². The van der Waals surface area contributed by atoms with Gasteiger partial charge in [-0.2, -0.15) is 31.3 Å². The largest absolute Gasteiger partial charge is 0.495 e. The third-order valence-electron chi connectivity index (χ3n) is 7.15. The molecule has 0 unspecified atom stereocenters. The number of methoxy groups -OCH3 is 1. The molecule has 1 aliphatic heterocycles. The summed E-state index contributed by atoms with van der Waals surface area (Å²) in [5.74, 6) is -2.55. The number of fused-ring (bicyclic) bond motifs is 1. The molecule has 1 aliphatic rings. The predicted octanol–water partition coefficient (Wildman–Crippen LogP) is 7.42. The van der Waals surface area contributed by atoms with Gasteiger partial charge in [0.2, 0.25) is 5.88 Å². The number of morpholine rings is 1. The van der Waals surface area contributed by atoms with Crippen LogP contribution in [0.2, 0.25) is 0 Å². The molecule has 2 heterocycles. The molecule has 0 radical (unpaired) electrons. The number of nitrogens with one attached hydrogen (secondary N) is 2. The Kier molecular flexibility index (Phi) is 9.53. The Bertz CT molecular complexity index is 1700. The zero-order valence-corrected chi connectivity index (χ0v) is 24.6. The number of nitrogens with zero attached hydrogens (tertiary/aromatic N) is 3. The lowest BCUT2D eigenvalue weighted by Gasteiger charge is -2.25. The Balaban J connectivity index is 1.37. The van der Waals surface area contributed by atoms with Crippen molar-refractivity contribution in [3.63, 3.8) is 0 Å². The zero-order chi connectivity index (χ0) is 33.1. The first kappa shape index (κ1) is 32.8. The van der Waals surface area contributed by atoms with E-state index in [0.717, 1.165) is 19.2 Å². The number of rotatable bonds is 8. The molecule has 3 aromatic carbocycles. The lowest BCUT2D eigenvalue weighted by Crippen LogP contribution is -2.36. The van der Waals surface area contributed by atoms with E-state index in [0.29, 0.717) is 71.5 Å². The molecule has 0 aliphatic carbocycles. The van der Waals surface area contributed by atoms with E-state index < -0.39 is 29.9 Å². The van der Waals surface area contributed by atoms with Crippen LogP contribution < -0.4 is 20.1 Å². The summed E-state index contributed by atoms with van der Waals surface area (Å²) in [5.41, 5.74) is -0.474. The van der Waals surface area contributed by atoms with Gasteiger partial charge in [0.15, 0.2) is 5.92 Å². The van der Waals surface area contributed by atoms with Crippen molar-refractivity contribution in [1.82, 2.24) is 14.9 Å². The van der Waals surface area contributed by atoms with Gasteiger partial charge in [0.05, 0.1) is 38.2 Å². The topological polar surface area (TPSA) is 97.8 Å². The maximum Gasteiger partial charge on any atom is 0.404 e. The van der Waals surface area contributed by atoms with Crippen molar-refractivity contribution < 1.29 is 45.3 Å². The van der Waals surface area contributed by atoms with Crippen LogP contribution in [0.3, 0.4) is 0 Å². The minimum atomic E-state index is -5.61. The monoisotopic (exact) mass is 649 g/mol. The number of urea groups is 1. The highest BCUT2D eigenvalue weighted by Crippen LogP contribution is 2.47. The quantitative estimate of drug-likeness (QED) is 0.192. The van der Waals surface area contributed by atoms with Gasteiger partial charge in [0.25, 0.3) is 0 Å². The number of carbonyl (C=O) groups is 1. The smallest absolute Gasteiger partial charge is 0.404 e. The molecule has 9 nitrogen and oxygen atoms in total. The van der Waals surface area contributed by atoms with E-state index in [1.165, 1.54) is 7.11 Å². The lowest BCUT2D eigenvalue weighted by molar-refractivity contribution is -0.253. The van der Waals surface area contributed by atoms with E-state index in [1.54, 1.807) is 42.5 Å². The van der Waals surface area contributed by atoms with Crippen LogP contribution in [0.25, 0.3) is 10.8 Å². The number of aromatic nitrogens is 2. The van der Waals surface area contributed by atoms with Crippen LogP contribution in [0.1, 0.15) is 23.0 Å². The molecular weight excluding hydrogens is 620 g/mol. The highest BCUT2D eigenvalue weighted by atomic mass is 19.4. The van der Waals surface area contributed by atoms with Crippen LogP contribution in [0.5, 0.6) is 17.4 Å². The van der Waals surface area contributed by atoms with Gasteiger partial charge in [-0.1, -0.05) is 30.3 Å². The molecule has 0 bridgehead atoms. The number of hydrogen-bond donors (Lipinski definition) is 2. The molecule has 0 saturated carbocycles. The van der Waals surface area contributed by atoms with Gasteiger partial charge < -0.3 is 24.8 Å². The number of carbonyl (C=O) groups excluding carboxylic acids is 1. The Morgan fingerprint density at radius 3 is 2.22 bits per heavy atom. The normalized spacial score (nSPS) is 14.4. The number of anilines is 2. The van der Waals surface area contributed by atoms with Crippen molar-refractivity contribution in [2.75, 3.05) is 44.0 Å². The highest BCUT2D eigenvalue weighted by Gasteiger charge is 2.57. The van der Waals surface area contributed by atoms with Crippen LogP contribution in [0, 0.1) is 6.92 Å². The first-order valence-corrected chi connectivity index (χ1v) is 14.1. The van der Waals surface area contributed by atoms with Crippen molar-refractivity contribution in [2.45, 2.75) is 31.7 Å². The molecule has 4 aromatic rings. The average Bonchev–Trinajstić information content (AvgIpc) is 2.97. The highest BCUT2D eigenvalue weighted by molar-refractivity contribution is 6.08. The summed E-state index contributed by atoms with van der Waals surface area (Å²) < 4.78 is 96.7. The Morgan fingerprint density at radius 1 is 0.891 bits per heavy atom. The number of halogens is 6. The van der Waals surface area contributed by atoms with Crippen LogP contribution in [0.15, 0.2) is 60.7 Å². The molecule has 1 saturated heterocycles. The van der Waals surface area contributed by atoms with Gasteiger partial charge in [-0.3, -0.25) is 4.90 Å². The molecule has 244 valence electrons. The molecule has 0 atom stereocenters. The first-order chi connectivity index (χ1) is 21.8. The van der Waals surface area contributed by atoms with Crippen molar-refractivity contribution in [3.05, 3.63) is 77.7 Å².